The van der Waals surface area contributed by atoms with Crippen LogP contribution in [0.3, 0.4) is 0 Å². The Morgan fingerprint density at radius 1 is 0.727 bits per heavy atom. The number of carboxylic acids is 1. The topological polar surface area (TPSA) is 95.5 Å². The number of carboxylic acid groups (broad SMARTS) is 1. The van der Waals surface area contributed by atoms with Crippen molar-refractivity contribution < 1.29 is 19.5 Å². The van der Waals surface area contributed by atoms with E-state index < -0.39 is 5.97 Å². The molecule has 0 fully saturated rings. The second-order valence-electron chi connectivity index (χ2n) is 8.93. The molecule has 0 spiro atoms. The van der Waals surface area contributed by atoms with E-state index in [2.05, 4.69) is 31.4 Å². The Bertz CT molecular complexity index is 1130. The lowest BCUT2D eigenvalue weighted by atomic mass is 9.87. The number of hydrogen-bond acceptors (Lipinski definition) is 3. The van der Waals surface area contributed by atoms with Gasteiger partial charge in [0.05, 0.1) is 6.42 Å². The number of hydrogen-bond donors (Lipinski definition) is 3. The van der Waals surface area contributed by atoms with Gasteiger partial charge in [-0.1, -0.05) is 57.2 Å². The van der Waals surface area contributed by atoms with Crippen LogP contribution in [0.1, 0.15) is 58.2 Å². The van der Waals surface area contributed by atoms with Crippen LogP contribution in [0.25, 0.3) is 0 Å². The van der Waals surface area contributed by atoms with Crippen molar-refractivity contribution >= 4 is 23.5 Å². The van der Waals surface area contributed by atoms with E-state index in [1.54, 1.807) is 48.5 Å². The van der Waals surface area contributed by atoms with E-state index in [0.29, 0.717) is 28.9 Å². The van der Waals surface area contributed by atoms with E-state index >= 15 is 0 Å². The SMILES string of the molecule is CC(C)(C)c1ccc(C(=O)NCc2ccc(C(=O)Nc3ccc(CC(=O)O)cc3)cc2)cc1. The number of anilines is 1. The summed E-state index contributed by atoms with van der Waals surface area (Å²) < 4.78 is 0. The Morgan fingerprint density at radius 2 is 1.24 bits per heavy atom. The highest BCUT2D eigenvalue weighted by atomic mass is 16.4. The number of benzene rings is 3. The molecule has 0 aliphatic rings. The van der Waals surface area contributed by atoms with Crippen LogP contribution >= 0.6 is 0 Å². The lowest BCUT2D eigenvalue weighted by Crippen LogP contribution is -2.23. The van der Waals surface area contributed by atoms with Crippen LogP contribution < -0.4 is 10.6 Å². The van der Waals surface area contributed by atoms with E-state index in [1.807, 2.05) is 24.3 Å². The molecule has 0 saturated heterocycles. The van der Waals surface area contributed by atoms with Gasteiger partial charge in [0, 0.05) is 23.4 Å². The molecule has 3 rings (SSSR count). The quantitative estimate of drug-likeness (QED) is 0.488. The zero-order valence-electron chi connectivity index (χ0n) is 19.0. The Kier molecular flexibility index (Phi) is 7.28. The van der Waals surface area contributed by atoms with Crippen LogP contribution in [0.4, 0.5) is 5.69 Å². The minimum Gasteiger partial charge on any atom is -0.481 e. The van der Waals surface area contributed by atoms with Gasteiger partial charge in [0.1, 0.15) is 0 Å². The maximum atomic E-state index is 12.5. The van der Waals surface area contributed by atoms with Gasteiger partial charge in [-0.2, -0.15) is 0 Å². The molecule has 0 aromatic heterocycles. The molecule has 170 valence electrons. The second kappa shape index (κ2) is 10.1. The Labute approximate surface area is 193 Å². The van der Waals surface area contributed by atoms with Gasteiger partial charge in [-0.25, -0.2) is 0 Å². The molecule has 0 saturated carbocycles. The molecule has 2 amide bonds. The highest BCUT2D eigenvalue weighted by molar-refractivity contribution is 6.04. The number of carbonyl (C=O) groups is 3. The van der Waals surface area contributed by atoms with Crippen LogP contribution in [-0.4, -0.2) is 22.9 Å². The summed E-state index contributed by atoms with van der Waals surface area (Å²) in [5, 5.41) is 14.5. The molecule has 3 aromatic carbocycles. The van der Waals surface area contributed by atoms with Crippen LogP contribution in [-0.2, 0) is 23.2 Å². The van der Waals surface area contributed by atoms with Crippen LogP contribution in [0, 0.1) is 0 Å². The minimum atomic E-state index is -0.901. The molecular weight excluding hydrogens is 416 g/mol. The third kappa shape index (κ3) is 6.77. The second-order valence-corrected chi connectivity index (χ2v) is 8.93. The molecule has 0 atom stereocenters. The van der Waals surface area contributed by atoms with Crippen LogP contribution in [0.2, 0.25) is 0 Å². The third-order valence-corrected chi connectivity index (χ3v) is 5.25. The van der Waals surface area contributed by atoms with Gasteiger partial charge >= 0.3 is 5.97 Å². The van der Waals surface area contributed by atoms with Gasteiger partial charge < -0.3 is 15.7 Å². The molecule has 3 N–H and O–H groups in total. The first-order chi connectivity index (χ1) is 15.6. The van der Waals surface area contributed by atoms with Crippen LogP contribution in [0.15, 0.2) is 72.8 Å². The first kappa shape index (κ1) is 23.7. The predicted molar refractivity (Wildman–Crippen MR) is 128 cm³/mol. The first-order valence-electron chi connectivity index (χ1n) is 10.7. The van der Waals surface area contributed by atoms with E-state index in [1.165, 1.54) is 5.56 Å². The largest absolute Gasteiger partial charge is 0.481 e. The smallest absolute Gasteiger partial charge is 0.307 e. The van der Waals surface area contributed by atoms with Crippen molar-refractivity contribution in [2.75, 3.05) is 5.32 Å². The van der Waals surface area contributed by atoms with Crippen molar-refractivity contribution in [1.82, 2.24) is 5.32 Å². The number of aliphatic carboxylic acids is 1. The number of carbonyl (C=O) groups excluding carboxylic acids is 2. The average molecular weight is 445 g/mol. The van der Waals surface area contributed by atoms with Gasteiger partial charge in [0.25, 0.3) is 11.8 Å². The van der Waals surface area contributed by atoms with Crippen molar-refractivity contribution in [3.8, 4) is 0 Å². The van der Waals surface area contributed by atoms with Crippen molar-refractivity contribution in [1.29, 1.82) is 0 Å². The number of nitrogens with one attached hydrogen (secondary N) is 2. The zero-order valence-corrected chi connectivity index (χ0v) is 19.0. The third-order valence-electron chi connectivity index (χ3n) is 5.25. The monoisotopic (exact) mass is 444 g/mol. The van der Waals surface area contributed by atoms with Gasteiger partial charge in [0.15, 0.2) is 0 Å². The highest BCUT2D eigenvalue weighted by Gasteiger charge is 2.14. The van der Waals surface area contributed by atoms with Gasteiger partial charge in [-0.15, -0.1) is 0 Å². The molecular formula is C27H28N2O4. The minimum absolute atomic E-state index is 0.0346. The average Bonchev–Trinajstić information content (AvgIpc) is 2.78. The van der Waals surface area contributed by atoms with Crippen LogP contribution in [0.5, 0.6) is 0 Å². The standard InChI is InChI=1S/C27H28N2O4/c1-27(2,3)22-12-10-20(11-13-22)25(32)28-17-19-4-8-21(9-5-19)26(33)29-23-14-6-18(7-15-23)16-24(30)31/h4-15H,16-17H2,1-3H3,(H,28,32)(H,29,33)(H,30,31). The lowest BCUT2D eigenvalue weighted by Gasteiger charge is -2.19. The summed E-state index contributed by atoms with van der Waals surface area (Å²) in [6.07, 6.45) is -0.0611. The summed E-state index contributed by atoms with van der Waals surface area (Å²) in [5.74, 6) is -1.32. The molecule has 33 heavy (non-hydrogen) atoms. The maximum Gasteiger partial charge on any atom is 0.307 e. The molecule has 0 aliphatic heterocycles. The van der Waals surface area contributed by atoms with E-state index in [0.717, 1.165) is 5.56 Å². The van der Waals surface area contributed by atoms with Crippen molar-refractivity contribution in [2.45, 2.75) is 39.2 Å². The molecule has 0 unspecified atom stereocenters. The van der Waals surface area contributed by atoms with Crippen molar-refractivity contribution in [3.05, 3.63) is 101 Å². The van der Waals surface area contributed by atoms with Gasteiger partial charge in [-0.3, -0.25) is 14.4 Å². The molecule has 6 heteroatoms. The summed E-state index contributed by atoms with van der Waals surface area (Å²) >= 11 is 0. The first-order valence-corrected chi connectivity index (χ1v) is 10.7. The summed E-state index contributed by atoms with van der Waals surface area (Å²) in [4.78, 5) is 35.6. The summed E-state index contributed by atoms with van der Waals surface area (Å²) in [5.41, 5.74) is 4.42. The fourth-order valence-corrected chi connectivity index (χ4v) is 3.26. The predicted octanol–water partition coefficient (Wildman–Crippen LogP) is 4.79. The molecule has 6 nitrogen and oxygen atoms in total. The van der Waals surface area contributed by atoms with Crippen molar-refractivity contribution in [3.63, 3.8) is 0 Å². The molecule has 0 bridgehead atoms. The molecule has 0 aliphatic carbocycles. The molecule has 3 aromatic rings. The van der Waals surface area contributed by atoms with Gasteiger partial charge in [0.2, 0.25) is 0 Å². The summed E-state index contributed by atoms with van der Waals surface area (Å²) in [6.45, 7) is 6.74. The van der Waals surface area contributed by atoms with Gasteiger partial charge in [-0.05, 0) is 58.5 Å². The highest BCUT2D eigenvalue weighted by Crippen LogP contribution is 2.22. The maximum absolute atomic E-state index is 12.5. The zero-order chi connectivity index (χ0) is 24.0. The summed E-state index contributed by atoms with van der Waals surface area (Å²) in [7, 11) is 0. The Hall–Kier alpha value is -3.93. The van der Waals surface area contributed by atoms with Crippen molar-refractivity contribution in [2.24, 2.45) is 0 Å². The summed E-state index contributed by atoms with van der Waals surface area (Å²) in [6, 6.07) is 21.3. The normalized spacial score (nSPS) is 11.0. The fourth-order valence-electron chi connectivity index (χ4n) is 3.26. The number of rotatable bonds is 7. The molecule has 0 heterocycles. The lowest BCUT2D eigenvalue weighted by molar-refractivity contribution is -0.136. The van der Waals surface area contributed by atoms with E-state index in [-0.39, 0.29) is 23.7 Å². The fraction of sp³-hybridized carbons (Fsp3) is 0.222. The Morgan fingerprint density at radius 3 is 1.79 bits per heavy atom. The number of amides is 2. The van der Waals surface area contributed by atoms with E-state index in [9.17, 15) is 14.4 Å². The Balaban J connectivity index is 1.53. The van der Waals surface area contributed by atoms with E-state index in [4.69, 9.17) is 5.11 Å². The molecule has 0 radical (unpaired) electrons.